The topological polar surface area (TPSA) is 49.0 Å². The van der Waals surface area contributed by atoms with E-state index in [0.717, 1.165) is 48.4 Å². The van der Waals surface area contributed by atoms with Crippen LogP contribution >= 0.6 is 11.6 Å². The molecule has 4 rings (SSSR count). The monoisotopic (exact) mass is 353 g/mol. The number of aromatic nitrogens is 2. The molecule has 2 aromatic carbocycles. The number of piperidine rings is 1. The molecule has 0 saturated carbocycles. The van der Waals surface area contributed by atoms with Gasteiger partial charge in [0.1, 0.15) is 5.82 Å². The van der Waals surface area contributed by atoms with Crippen LogP contribution in [0.2, 0.25) is 5.02 Å². The number of hydrogen-bond donors (Lipinski definition) is 1. The molecule has 128 valence electrons. The maximum atomic E-state index is 12.5. The van der Waals surface area contributed by atoms with Crippen LogP contribution in [0.25, 0.3) is 11.0 Å². The van der Waals surface area contributed by atoms with Crippen molar-refractivity contribution in [1.29, 1.82) is 0 Å². The summed E-state index contributed by atoms with van der Waals surface area (Å²) in [5.74, 6) is 1.58. The first-order valence-corrected chi connectivity index (χ1v) is 9.04. The zero-order valence-electron chi connectivity index (χ0n) is 13.9. The number of halogens is 1. The molecule has 5 heteroatoms. The molecule has 0 spiro atoms. The third-order valence-corrected chi connectivity index (χ3v) is 5.31. The number of hydrogen-bond acceptors (Lipinski definition) is 2. The second kappa shape index (κ2) is 6.89. The molecule has 3 aromatic rings. The minimum atomic E-state index is 0.149. The van der Waals surface area contributed by atoms with Crippen LogP contribution in [0.4, 0.5) is 0 Å². The summed E-state index contributed by atoms with van der Waals surface area (Å²) >= 11 is 6.17. The van der Waals surface area contributed by atoms with Crippen LogP contribution in [0.3, 0.4) is 0 Å². The number of nitrogens with zero attached hydrogens (tertiary/aromatic N) is 2. The lowest BCUT2D eigenvalue weighted by molar-refractivity contribution is -0.131. The lowest BCUT2D eigenvalue weighted by Gasteiger charge is -2.31. The van der Waals surface area contributed by atoms with E-state index in [1.165, 1.54) is 0 Å². The number of imidazole rings is 1. The standard InChI is InChI=1S/C20H20ClN3O/c21-16-6-2-1-5-15(16)13-19(25)24-11-9-14(10-12-24)20-22-17-7-3-4-8-18(17)23-20/h1-8,14H,9-13H2,(H,22,23). The molecule has 1 aliphatic rings. The van der Waals surface area contributed by atoms with Gasteiger partial charge in [-0.15, -0.1) is 0 Å². The van der Waals surface area contributed by atoms with Crippen molar-refractivity contribution in [2.24, 2.45) is 0 Å². The van der Waals surface area contributed by atoms with Crippen molar-refractivity contribution in [3.63, 3.8) is 0 Å². The number of fused-ring (bicyclic) bond motifs is 1. The smallest absolute Gasteiger partial charge is 0.227 e. The first-order valence-electron chi connectivity index (χ1n) is 8.66. The fourth-order valence-corrected chi connectivity index (χ4v) is 3.69. The van der Waals surface area contributed by atoms with Gasteiger partial charge in [-0.25, -0.2) is 4.98 Å². The molecule has 0 radical (unpaired) electrons. The van der Waals surface area contributed by atoms with Gasteiger partial charge in [-0.2, -0.15) is 0 Å². The van der Waals surface area contributed by atoms with Crippen molar-refractivity contribution in [2.45, 2.75) is 25.2 Å². The Bertz CT molecular complexity index is 864. The lowest BCUT2D eigenvalue weighted by atomic mass is 9.95. The van der Waals surface area contributed by atoms with Gasteiger partial charge >= 0.3 is 0 Å². The molecule has 1 N–H and O–H groups in total. The third-order valence-electron chi connectivity index (χ3n) is 4.94. The van der Waals surface area contributed by atoms with Crippen LogP contribution in [0.1, 0.15) is 30.1 Å². The van der Waals surface area contributed by atoms with Gasteiger partial charge in [0.2, 0.25) is 5.91 Å². The Balaban J connectivity index is 1.39. The zero-order valence-corrected chi connectivity index (χ0v) is 14.7. The Labute approximate surface area is 151 Å². The minimum Gasteiger partial charge on any atom is -0.342 e. The van der Waals surface area contributed by atoms with Gasteiger partial charge in [0.05, 0.1) is 17.5 Å². The maximum absolute atomic E-state index is 12.5. The third kappa shape index (κ3) is 3.40. The van der Waals surface area contributed by atoms with Crippen molar-refractivity contribution in [3.8, 4) is 0 Å². The first-order chi connectivity index (χ1) is 12.2. The molecular weight excluding hydrogens is 334 g/mol. The molecule has 1 aliphatic heterocycles. The van der Waals surface area contributed by atoms with E-state index in [2.05, 4.69) is 4.98 Å². The number of nitrogens with one attached hydrogen (secondary N) is 1. The molecule has 1 amide bonds. The number of para-hydroxylation sites is 2. The second-order valence-electron chi connectivity index (χ2n) is 6.56. The number of likely N-dealkylation sites (tertiary alicyclic amines) is 1. The average molecular weight is 354 g/mol. The molecule has 1 aromatic heterocycles. The largest absolute Gasteiger partial charge is 0.342 e. The Morgan fingerprint density at radius 1 is 1.12 bits per heavy atom. The highest BCUT2D eigenvalue weighted by atomic mass is 35.5. The van der Waals surface area contributed by atoms with Gasteiger partial charge in [0.15, 0.2) is 0 Å². The lowest BCUT2D eigenvalue weighted by Crippen LogP contribution is -2.39. The van der Waals surface area contributed by atoms with Crippen LogP contribution in [0, 0.1) is 0 Å². The van der Waals surface area contributed by atoms with Crippen LogP contribution in [-0.2, 0) is 11.2 Å². The van der Waals surface area contributed by atoms with E-state index in [-0.39, 0.29) is 5.91 Å². The van der Waals surface area contributed by atoms with Gasteiger partial charge < -0.3 is 9.88 Å². The van der Waals surface area contributed by atoms with Crippen molar-refractivity contribution in [2.75, 3.05) is 13.1 Å². The summed E-state index contributed by atoms with van der Waals surface area (Å²) in [6, 6.07) is 15.6. The fourth-order valence-electron chi connectivity index (χ4n) is 3.48. The molecule has 0 bridgehead atoms. The fraction of sp³-hybridized carbons (Fsp3) is 0.300. The summed E-state index contributed by atoms with van der Waals surface area (Å²) < 4.78 is 0. The van der Waals surface area contributed by atoms with Crippen LogP contribution in [-0.4, -0.2) is 33.9 Å². The molecule has 25 heavy (non-hydrogen) atoms. The first kappa shape index (κ1) is 16.2. The van der Waals surface area contributed by atoms with E-state index in [1.54, 1.807) is 0 Å². The summed E-state index contributed by atoms with van der Waals surface area (Å²) in [5.41, 5.74) is 2.98. The summed E-state index contributed by atoms with van der Waals surface area (Å²) in [5, 5.41) is 0.660. The average Bonchev–Trinajstić information content (AvgIpc) is 3.08. The predicted octanol–water partition coefficient (Wildman–Crippen LogP) is 4.17. The van der Waals surface area contributed by atoms with Crippen LogP contribution < -0.4 is 0 Å². The van der Waals surface area contributed by atoms with Crippen LogP contribution in [0.15, 0.2) is 48.5 Å². The van der Waals surface area contributed by atoms with Crippen molar-refractivity contribution in [1.82, 2.24) is 14.9 Å². The Morgan fingerprint density at radius 2 is 1.84 bits per heavy atom. The number of carbonyl (C=O) groups excluding carboxylic acids is 1. The van der Waals surface area contributed by atoms with Gasteiger partial charge in [-0.3, -0.25) is 4.79 Å². The number of rotatable bonds is 3. The summed E-state index contributed by atoms with van der Waals surface area (Å²) in [4.78, 5) is 22.6. The number of carbonyl (C=O) groups is 1. The van der Waals surface area contributed by atoms with E-state index >= 15 is 0 Å². The van der Waals surface area contributed by atoms with E-state index in [9.17, 15) is 4.79 Å². The highest BCUT2D eigenvalue weighted by Gasteiger charge is 2.26. The van der Waals surface area contributed by atoms with Crippen molar-refractivity contribution < 1.29 is 4.79 Å². The molecule has 4 nitrogen and oxygen atoms in total. The van der Waals surface area contributed by atoms with Crippen LogP contribution in [0.5, 0.6) is 0 Å². The van der Waals surface area contributed by atoms with Crippen molar-refractivity contribution in [3.05, 3.63) is 64.9 Å². The van der Waals surface area contributed by atoms with Gasteiger partial charge in [0.25, 0.3) is 0 Å². The zero-order chi connectivity index (χ0) is 17.2. The van der Waals surface area contributed by atoms with Crippen molar-refractivity contribution >= 4 is 28.5 Å². The highest BCUT2D eigenvalue weighted by molar-refractivity contribution is 6.31. The molecule has 0 atom stereocenters. The highest BCUT2D eigenvalue weighted by Crippen LogP contribution is 2.28. The number of H-pyrrole nitrogens is 1. The van der Waals surface area contributed by atoms with Gasteiger partial charge in [-0.05, 0) is 36.6 Å². The predicted molar refractivity (Wildman–Crippen MR) is 99.8 cm³/mol. The summed E-state index contributed by atoms with van der Waals surface area (Å²) in [6.07, 6.45) is 2.25. The maximum Gasteiger partial charge on any atom is 0.227 e. The Morgan fingerprint density at radius 3 is 2.60 bits per heavy atom. The number of amides is 1. The molecule has 1 saturated heterocycles. The van der Waals surface area contributed by atoms with E-state index in [1.807, 2.05) is 53.4 Å². The molecule has 0 unspecified atom stereocenters. The molecule has 1 fully saturated rings. The number of benzene rings is 2. The Kier molecular flexibility index (Phi) is 4.45. The SMILES string of the molecule is O=C(Cc1ccccc1Cl)N1CCC(c2nc3ccccc3[nH]2)CC1. The molecule has 0 aliphatic carbocycles. The summed E-state index contributed by atoms with van der Waals surface area (Å²) in [7, 11) is 0. The normalized spacial score (nSPS) is 15.6. The summed E-state index contributed by atoms with van der Waals surface area (Å²) in [6.45, 7) is 1.54. The van der Waals surface area contributed by atoms with E-state index in [0.29, 0.717) is 17.4 Å². The minimum absolute atomic E-state index is 0.149. The van der Waals surface area contributed by atoms with Gasteiger partial charge in [0, 0.05) is 24.0 Å². The second-order valence-corrected chi connectivity index (χ2v) is 6.97. The molecular formula is C20H20ClN3O. The van der Waals surface area contributed by atoms with E-state index < -0.39 is 0 Å². The van der Waals surface area contributed by atoms with Gasteiger partial charge in [-0.1, -0.05) is 41.9 Å². The number of aromatic amines is 1. The quantitative estimate of drug-likeness (QED) is 0.768. The Hall–Kier alpha value is -2.33. The van der Waals surface area contributed by atoms with E-state index in [4.69, 9.17) is 16.6 Å². The molecule has 2 heterocycles.